The molecule has 0 spiro atoms. The average molecular weight is 456 g/mol. The Kier molecular flexibility index (Phi) is 8.59. The van der Waals surface area contributed by atoms with E-state index in [4.69, 9.17) is 9.84 Å². The van der Waals surface area contributed by atoms with Crippen LogP contribution in [0.5, 0.6) is 5.75 Å². The van der Waals surface area contributed by atoms with Gasteiger partial charge in [0.15, 0.2) is 18.3 Å². The number of ether oxygens (including phenoxy) is 1. The molecule has 0 bridgehead atoms. The SMILES string of the molecule is C=NN/C(=C\CN/C(=C/C(=N\COc1ccc2[nH]c(C)cc2c1F)NCCO)N=C)C1CC1. The fraction of sp³-hybridized carbons (Fsp3) is 0.348. The van der Waals surface area contributed by atoms with E-state index in [2.05, 4.69) is 49.6 Å². The molecule has 1 fully saturated rings. The minimum atomic E-state index is -0.441. The molecule has 10 heteroatoms. The fourth-order valence-corrected chi connectivity index (χ4v) is 3.24. The zero-order valence-electron chi connectivity index (χ0n) is 18.7. The van der Waals surface area contributed by atoms with Crippen LogP contribution in [0.3, 0.4) is 0 Å². The number of nitrogens with zero attached hydrogens (tertiary/aromatic N) is 3. The van der Waals surface area contributed by atoms with Gasteiger partial charge in [-0.15, -0.1) is 0 Å². The van der Waals surface area contributed by atoms with Gasteiger partial charge < -0.3 is 25.5 Å². The molecular weight excluding hydrogens is 425 g/mol. The Balaban J connectivity index is 1.66. The van der Waals surface area contributed by atoms with Crippen LogP contribution in [0.25, 0.3) is 10.9 Å². The normalized spacial score (nSPS) is 14.8. The molecule has 3 rings (SSSR count). The molecule has 5 N–H and O–H groups in total. The Morgan fingerprint density at radius 3 is 2.85 bits per heavy atom. The zero-order chi connectivity index (χ0) is 23.6. The number of allylic oxidation sites excluding steroid dienone is 1. The van der Waals surface area contributed by atoms with Crippen LogP contribution in [0.4, 0.5) is 4.39 Å². The Labute approximate surface area is 192 Å². The number of rotatable bonds is 13. The van der Waals surface area contributed by atoms with Gasteiger partial charge in [-0.05, 0) is 50.8 Å². The van der Waals surface area contributed by atoms with Gasteiger partial charge in [0.25, 0.3) is 0 Å². The van der Waals surface area contributed by atoms with E-state index in [1.807, 2.05) is 13.0 Å². The summed E-state index contributed by atoms with van der Waals surface area (Å²) in [6, 6.07) is 5.06. The van der Waals surface area contributed by atoms with Crippen molar-refractivity contribution in [2.45, 2.75) is 19.8 Å². The number of aliphatic hydroxyl groups is 1. The number of amidine groups is 1. The number of hydrogen-bond acceptors (Lipinski definition) is 7. The molecule has 2 aromatic rings. The summed E-state index contributed by atoms with van der Waals surface area (Å²) < 4.78 is 20.2. The number of H-pyrrole nitrogens is 1. The number of halogens is 1. The van der Waals surface area contributed by atoms with Crippen molar-refractivity contribution in [3.05, 3.63) is 53.4 Å². The number of hydrazone groups is 1. The van der Waals surface area contributed by atoms with Crippen molar-refractivity contribution >= 4 is 30.2 Å². The van der Waals surface area contributed by atoms with E-state index in [0.717, 1.165) is 24.2 Å². The number of aliphatic hydroxyl groups excluding tert-OH is 1. The smallest absolute Gasteiger partial charge is 0.181 e. The first-order valence-corrected chi connectivity index (χ1v) is 10.7. The Bertz CT molecular complexity index is 1070. The molecule has 0 saturated heterocycles. The summed E-state index contributed by atoms with van der Waals surface area (Å²) in [4.78, 5) is 11.4. The van der Waals surface area contributed by atoms with E-state index < -0.39 is 5.82 Å². The third-order valence-corrected chi connectivity index (χ3v) is 4.98. The number of aromatic amines is 1. The maximum atomic E-state index is 14.7. The van der Waals surface area contributed by atoms with Crippen LogP contribution in [0.1, 0.15) is 18.5 Å². The Hall–Kier alpha value is -3.66. The van der Waals surface area contributed by atoms with E-state index in [-0.39, 0.29) is 25.6 Å². The van der Waals surface area contributed by atoms with Crippen molar-refractivity contribution in [2.75, 3.05) is 26.4 Å². The zero-order valence-corrected chi connectivity index (χ0v) is 18.7. The average Bonchev–Trinajstić information content (AvgIpc) is 3.58. The number of aryl methyl sites for hydroxylation is 1. The monoisotopic (exact) mass is 455 g/mol. The van der Waals surface area contributed by atoms with Crippen molar-refractivity contribution < 1.29 is 14.2 Å². The second-order valence-corrected chi connectivity index (χ2v) is 7.53. The maximum Gasteiger partial charge on any atom is 0.181 e. The third-order valence-electron chi connectivity index (χ3n) is 4.98. The van der Waals surface area contributed by atoms with Crippen molar-refractivity contribution in [3.63, 3.8) is 0 Å². The Morgan fingerprint density at radius 1 is 1.33 bits per heavy atom. The lowest BCUT2D eigenvalue weighted by atomic mass is 10.2. The van der Waals surface area contributed by atoms with E-state index >= 15 is 0 Å². The molecule has 1 aliphatic carbocycles. The van der Waals surface area contributed by atoms with Crippen molar-refractivity contribution in [2.24, 2.45) is 21.0 Å². The first kappa shape index (κ1) is 24.0. The number of hydrogen-bond donors (Lipinski definition) is 5. The first-order chi connectivity index (χ1) is 16.0. The number of nitrogens with one attached hydrogen (secondary N) is 4. The van der Waals surface area contributed by atoms with Crippen molar-refractivity contribution in [3.8, 4) is 5.75 Å². The predicted octanol–water partition coefficient (Wildman–Crippen LogP) is 2.56. The first-order valence-electron chi connectivity index (χ1n) is 10.7. The summed E-state index contributed by atoms with van der Waals surface area (Å²) in [5.41, 5.74) is 5.52. The van der Waals surface area contributed by atoms with Gasteiger partial charge in [0.2, 0.25) is 0 Å². The third kappa shape index (κ3) is 6.91. The molecule has 33 heavy (non-hydrogen) atoms. The van der Waals surface area contributed by atoms with Gasteiger partial charge in [-0.3, -0.25) is 5.43 Å². The highest BCUT2D eigenvalue weighted by Crippen LogP contribution is 2.34. The van der Waals surface area contributed by atoms with Gasteiger partial charge >= 0.3 is 0 Å². The van der Waals surface area contributed by atoms with Crippen LogP contribution in [-0.4, -0.2) is 55.8 Å². The number of benzene rings is 1. The van der Waals surface area contributed by atoms with Crippen LogP contribution in [0.15, 0.2) is 57.0 Å². The van der Waals surface area contributed by atoms with Crippen LogP contribution >= 0.6 is 0 Å². The minimum Gasteiger partial charge on any atom is -0.468 e. The lowest BCUT2D eigenvalue weighted by Crippen LogP contribution is -2.27. The summed E-state index contributed by atoms with van der Waals surface area (Å²) in [5.74, 6) is 1.06. The lowest BCUT2D eigenvalue weighted by Gasteiger charge is -2.10. The fourth-order valence-electron chi connectivity index (χ4n) is 3.24. The van der Waals surface area contributed by atoms with Crippen molar-refractivity contribution in [1.29, 1.82) is 0 Å². The van der Waals surface area contributed by atoms with Crippen LogP contribution in [0.2, 0.25) is 0 Å². The quantitative estimate of drug-likeness (QED) is 0.181. The molecule has 0 radical (unpaired) electrons. The molecule has 0 unspecified atom stereocenters. The van der Waals surface area contributed by atoms with Gasteiger partial charge in [-0.1, -0.05) is 0 Å². The molecule has 1 aliphatic rings. The standard InChI is InChI=1S/C23H30FN7O2/c1-15-12-17-19(30-15)6-7-20(23(17)24)33-14-29-22(28-10-11-32)13-21(25-2)27-9-8-18(31-26-3)16-4-5-16/h6-8,12-13,16,27,30-32H,2-5,9-11,14H2,1H3,(H,28,29)/b18-8-,21-13+. The molecule has 1 heterocycles. The van der Waals surface area contributed by atoms with Gasteiger partial charge in [0, 0.05) is 54.1 Å². The van der Waals surface area contributed by atoms with Crippen LogP contribution in [-0.2, 0) is 0 Å². The van der Waals surface area contributed by atoms with Crippen molar-refractivity contribution in [1.82, 2.24) is 21.0 Å². The van der Waals surface area contributed by atoms with Gasteiger partial charge in [-0.2, -0.15) is 5.10 Å². The lowest BCUT2D eigenvalue weighted by molar-refractivity contribution is 0.299. The molecule has 176 valence electrons. The van der Waals surface area contributed by atoms with Crippen LogP contribution in [0, 0.1) is 18.7 Å². The summed E-state index contributed by atoms with van der Waals surface area (Å²) in [7, 11) is 0. The van der Waals surface area contributed by atoms with Gasteiger partial charge in [0.1, 0.15) is 11.7 Å². The highest BCUT2D eigenvalue weighted by molar-refractivity contribution is 5.93. The molecule has 1 aromatic heterocycles. The van der Waals surface area contributed by atoms with E-state index in [0.29, 0.717) is 35.0 Å². The molecule has 1 aromatic carbocycles. The summed E-state index contributed by atoms with van der Waals surface area (Å²) in [5, 5.41) is 19.5. The van der Waals surface area contributed by atoms with E-state index in [1.165, 1.54) is 0 Å². The molecule has 0 atom stereocenters. The predicted molar refractivity (Wildman–Crippen MR) is 130 cm³/mol. The second kappa shape index (κ2) is 11.8. The summed E-state index contributed by atoms with van der Waals surface area (Å²) in [6.07, 6.45) is 5.91. The highest BCUT2D eigenvalue weighted by Gasteiger charge is 2.25. The topological polar surface area (TPSA) is 118 Å². The molecule has 9 nitrogen and oxygen atoms in total. The van der Waals surface area contributed by atoms with Gasteiger partial charge in [-0.25, -0.2) is 14.4 Å². The number of aliphatic imine (C=N–C) groups is 2. The molecular formula is C23H30FN7O2. The number of fused-ring (bicyclic) bond motifs is 1. The maximum absolute atomic E-state index is 14.7. The largest absolute Gasteiger partial charge is 0.468 e. The van der Waals surface area contributed by atoms with E-state index in [9.17, 15) is 4.39 Å². The molecule has 0 aliphatic heterocycles. The second-order valence-electron chi connectivity index (χ2n) is 7.53. The summed E-state index contributed by atoms with van der Waals surface area (Å²) >= 11 is 0. The molecule has 1 saturated carbocycles. The Morgan fingerprint density at radius 2 is 2.15 bits per heavy atom. The minimum absolute atomic E-state index is 0.0795. The number of aromatic nitrogens is 1. The highest BCUT2D eigenvalue weighted by atomic mass is 19.1. The van der Waals surface area contributed by atoms with Crippen LogP contribution < -0.4 is 20.8 Å². The van der Waals surface area contributed by atoms with Gasteiger partial charge in [0.05, 0.1) is 6.61 Å². The summed E-state index contributed by atoms with van der Waals surface area (Å²) in [6.45, 7) is 9.50. The molecule has 0 amide bonds. The van der Waals surface area contributed by atoms with E-state index in [1.54, 1.807) is 24.3 Å².